The molecule has 1 aromatic heterocycles. The van der Waals surface area contributed by atoms with E-state index >= 15 is 0 Å². The highest BCUT2D eigenvalue weighted by molar-refractivity contribution is 7.10. The van der Waals surface area contributed by atoms with Gasteiger partial charge < -0.3 is 10.8 Å². The van der Waals surface area contributed by atoms with E-state index in [1.807, 2.05) is 11.4 Å². The van der Waals surface area contributed by atoms with Gasteiger partial charge in [-0.15, -0.1) is 11.3 Å². The lowest BCUT2D eigenvalue weighted by Crippen LogP contribution is -2.52. The molecule has 1 aliphatic carbocycles. The molecule has 0 aliphatic heterocycles. The average molecular weight is 218 g/mol. The molecule has 1 aromatic rings. The summed E-state index contributed by atoms with van der Waals surface area (Å²) in [6, 6.07) is 2.03. The summed E-state index contributed by atoms with van der Waals surface area (Å²) < 4.78 is 0. The summed E-state index contributed by atoms with van der Waals surface area (Å²) in [7, 11) is 0. The molecule has 0 amide bonds. The summed E-state index contributed by atoms with van der Waals surface area (Å²) >= 11 is 7.53. The van der Waals surface area contributed by atoms with E-state index in [-0.39, 0.29) is 6.04 Å². The maximum absolute atomic E-state index is 9.94. The SMILES string of the molecule is NC1CC(O)(Cc2sccc2Cl)C1. The molecular weight excluding hydrogens is 206 g/mol. The molecule has 0 bridgehead atoms. The van der Waals surface area contributed by atoms with Crippen molar-refractivity contribution >= 4 is 22.9 Å². The van der Waals surface area contributed by atoms with Gasteiger partial charge in [-0.25, -0.2) is 0 Å². The highest BCUT2D eigenvalue weighted by Crippen LogP contribution is 2.37. The Labute approximate surface area is 86.3 Å². The first-order valence-corrected chi connectivity index (χ1v) is 5.55. The molecule has 1 heterocycles. The average Bonchev–Trinajstić information content (AvgIpc) is 2.33. The number of halogens is 1. The van der Waals surface area contributed by atoms with Crippen LogP contribution in [0.4, 0.5) is 0 Å². The fraction of sp³-hybridized carbons (Fsp3) is 0.556. The number of hydrogen-bond donors (Lipinski definition) is 2. The van der Waals surface area contributed by atoms with Crippen molar-refractivity contribution in [3.05, 3.63) is 21.3 Å². The van der Waals surface area contributed by atoms with E-state index in [1.54, 1.807) is 11.3 Å². The Kier molecular flexibility index (Phi) is 2.36. The summed E-state index contributed by atoms with van der Waals surface area (Å²) in [6.07, 6.45) is 2.04. The molecule has 0 aromatic carbocycles. The van der Waals surface area contributed by atoms with Gasteiger partial charge in [0.15, 0.2) is 0 Å². The second-order valence-corrected chi connectivity index (χ2v) is 5.17. The van der Waals surface area contributed by atoms with Crippen LogP contribution in [0.5, 0.6) is 0 Å². The number of thiophene rings is 1. The Bertz CT molecular complexity index is 306. The second-order valence-electron chi connectivity index (χ2n) is 3.76. The Balaban J connectivity index is 2.03. The van der Waals surface area contributed by atoms with Gasteiger partial charge in [0, 0.05) is 17.3 Å². The zero-order valence-corrected chi connectivity index (χ0v) is 8.74. The standard InChI is InChI=1S/C9H12ClNOS/c10-7-1-2-13-8(7)5-9(12)3-6(11)4-9/h1-2,6,12H,3-5,11H2. The minimum Gasteiger partial charge on any atom is -0.389 e. The van der Waals surface area contributed by atoms with Gasteiger partial charge in [-0.2, -0.15) is 0 Å². The largest absolute Gasteiger partial charge is 0.389 e. The van der Waals surface area contributed by atoms with E-state index < -0.39 is 5.60 Å². The minimum atomic E-state index is -0.589. The van der Waals surface area contributed by atoms with Gasteiger partial charge in [-0.3, -0.25) is 0 Å². The van der Waals surface area contributed by atoms with Crippen molar-refractivity contribution in [3.8, 4) is 0 Å². The molecule has 4 heteroatoms. The van der Waals surface area contributed by atoms with Crippen LogP contribution in [0.25, 0.3) is 0 Å². The number of nitrogens with two attached hydrogens (primary N) is 1. The van der Waals surface area contributed by atoms with Crippen LogP contribution in [-0.4, -0.2) is 16.7 Å². The molecule has 0 saturated heterocycles. The first-order valence-electron chi connectivity index (χ1n) is 4.29. The third-order valence-electron chi connectivity index (χ3n) is 2.46. The molecule has 1 saturated carbocycles. The van der Waals surface area contributed by atoms with Crippen LogP contribution in [0.2, 0.25) is 5.02 Å². The lowest BCUT2D eigenvalue weighted by atomic mass is 9.74. The zero-order valence-electron chi connectivity index (χ0n) is 7.16. The van der Waals surface area contributed by atoms with E-state index in [0.29, 0.717) is 19.3 Å². The van der Waals surface area contributed by atoms with Crippen LogP contribution >= 0.6 is 22.9 Å². The zero-order chi connectivity index (χ0) is 9.47. The highest BCUT2D eigenvalue weighted by atomic mass is 35.5. The Hall–Kier alpha value is -0.0900. The van der Waals surface area contributed by atoms with Crippen LogP contribution in [0, 0.1) is 0 Å². The first-order chi connectivity index (χ1) is 6.09. The minimum absolute atomic E-state index is 0.170. The molecule has 0 atom stereocenters. The normalized spacial score (nSPS) is 33.0. The van der Waals surface area contributed by atoms with Crippen molar-refractivity contribution in [1.82, 2.24) is 0 Å². The van der Waals surface area contributed by atoms with Gasteiger partial charge in [-0.1, -0.05) is 11.6 Å². The predicted octanol–water partition coefficient (Wildman–Crippen LogP) is 1.80. The molecule has 2 nitrogen and oxygen atoms in total. The van der Waals surface area contributed by atoms with E-state index in [0.717, 1.165) is 9.90 Å². The van der Waals surface area contributed by atoms with Crippen LogP contribution in [0.1, 0.15) is 17.7 Å². The van der Waals surface area contributed by atoms with Gasteiger partial charge in [0.05, 0.1) is 10.6 Å². The molecule has 72 valence electrons. The lowest BCUT2D eigenvalue weighted by Gasteiger charge is -2.41. The van der Waals surface area contributed by atoms with Crippen molar-refractivity contribution in [2.24, 2.45) is 5.73 Å². The van der Waals surface area contributed by atoms with Gasteiger partial charge in [0.1, 0.15) is 0 Å². The fourth-order valence-electron chi connectivity index (χ4n) is 1.81. The Morgan fingerprint density at radius 3 is 2.85 bits per heavy atom. The van der Waals surface area contributed by atoms with Gasteiger partial charge in [-0.05, 0) is 24.3 Å². The third-order valence-corrected chi connectivity index (χ3v) is 3.85. The predicted molar refractivity (Wildman–Crippen MR) is 55.2 cm³/mol. The number of aliphatic hydroxyl groups is 1. The van der Waals surface area contributed by atoms with Crippen molar-refractivity contribution in [1.29, 1.82) is 0 Å². The topological polar surface area (TPSA) is 46.2 Å². The van der Waals surface area contributed by atoms with Gasteiger partial charge in [0.2, 0.25) is 0 Å². The quantitative estimate of drug-likeness (QED) is 0.794. The Morgan fingerprint density at radius 2 is 2.38 bits per heavy atom. The van der Waals surface area contributed by atoms with Crippen molar-refractivity contribution in [2.45, 2.75) is 30.9 Å². The van der Waals surface area contributed by atoms with E-state index in [2.05, 4.69) is 0 Å². The van der Waals surface area contributed by atoms with Crippen LogP contribution in [0.3, 0.4) is 0 Å². The smallest absolute Gasteiger partial charge is 0.0725 e. The summed E-state index contributed by atoms with van der Waals surface area (Å²) in [5, 5.41) is 12.7. The summed E-state index contributed by atoms with van der Waals surface area (Å²) in [5.74, 6) is 0. The first kappa shape index (κ1) is 9.46. The molecule has 13 heavy (non-hydrogen) atoms. The van der Waals surface area contributed by atoms with E-state index in [1.165, 1.54) is 0 Å². The molecule has 1 fully saturated rings. The molecular formula is C9H12ClNOS. The Morgan fingerprint density at radius 1 is 1.69 bits per heavy atom. The molecule has 3 N–H and O–H groups in total. The lowest BCUT2D eigenvalue weighted by molar-refractivity contribution is -0.0448. The summed E-state index contributed by atoms with van der Waals surface area (Å²) in [5.41, 5.74) is 5.04. The van der Waals surface area contributed by atoms with Crippen LogP contribution in [0.15, 0.2) is 11.4 Å². The summed E-state index contributed by atoms with van der Waals surface area (Å²) in [4.78, 5) is 1.07. The number of rotatable bonds is 2. The van der Waals surface area contributed by atoms with Crippen molar-refractivity contribution in [3.63, 3.8) is 0 Å². The molecule has 1 aliphatic rings. The maximum Gasteiger partial charge on any atom is 0.0725 e. The number of hydrogen-bond acceptors (Lipinski definition) is 3. The van der Waals surface area contributed by atoms with Crippen LogP contribution in [-0.2, 0) is 6.42 Å². The third kappa shape index (κ3) is 1.89. The van der Waals surface area contributed by atoms with Crippen LogP contribution < -0.4 is 5.73 Å². The monoisotopic (exact) mass is 217 g/mol. The summed E-state index contributed by atoms with van der Waals surface area (Å²) in [6.45, 7) is 0. The molecule has 0 spiro atoms. The maximum atomic E-state index is 9.94. The van der Waals surface area contributed by atoms with Crippen molar-refractivity contribution in [2.75, 3.05) is 0 Å². The van der Waals surface area contributed by atoms with E-state index in [4.69, 9.17) is 17.3 Å². The molecule has 0 radical (unpaired) electrons. The highest BCUT2D eigenvalue weighted by Gasteiger charge is 2.41. The fourth-order valence-corrected chi connectivity index (χ4v) is 3.05. The van der Waals surface area contributed by atoms with Crippen molar-refractivity contribution < 1.29 is 5.11 Å². The van der Waals surface area contributed by atoms with Gasteiger partial charge >= 0.3 is 0 Å². The van der Waals surface area contributed by atoms with E-state index in [9.17, 15) is 5.11 Å². The molecule has 2 rings (SSSR count). The second kappa shape index (κ2) is 3.24. The molecule has 0 unspecified atom stereocenters. The van der Waals surface area contributed by atoms with Gasteiger partial charge in [0.25, 0.3) is 0 Å².